The normalized spacial score (nSPS) is 30.8. The molecule has 2 atom stereocenters. The predicted molar refractivity (Wildman–Crippen MR) is 60.1 cm³/mol. The summed E-state index contributed by atoms with van der Waals surface area (Å²) in [6, 6.07) is 0.401. The number of rotatable bonds is 3. The molecule has 80 valence electrons. The van der Waals surface area contributed by atoms with Crippen LogP contribution in [0.2, 0.25) is 0 Å². The Kier molecular flexibility index (Phi) is 3.60. The van der Waals surface area contributed by atoms with E-state index in [1.165, 1.54) is 45.2 Å². The summed E-state index contributed by atoms with van der Waals surface area (Å²) in [5.41, 5.74) is 6.25. The number of allylic oxidation sites excluding steroid dienone is 2. The molecule has 2 aliphatic rings. The molecular formula is C12H22N2. The Morgan fingerprint density at radius 2 is 2.07 bits per heavy atom. The van der Waals surface area contributed by atoms with Crippen LogP contribution < -0.4 is 5.73 Å². The van der Waals surface area contributed by atoms with Gasteiger partial charge in [-0.25, -0.2) is 0 Å². The average molecular weight is 194 g/mol. The van der Waals surface area contributed by atoms with Crippen molar-refractivity contribution in [2.45, 2.75) is 38.1 Å². The lowest BCUT2D eigenvalue weighted by Gasteiger charge is -2.28. The molecule has 0 saturated carbocycles. The van der Waals surface area contributed by atoms with Gasteiger partial charge in [0, 0.05) is 12.6 Å². The van der Waals surface area contributed by atoms with Crippen molar-refractivity contribution in [3.63, 3.8) is 0 Å². The van der Waals surface area contributed by atoms with Gasteiger partial charge in [0.25, 0.3) is 0 Å². The highest BCUT2D eigenvalue weighted by Crippen LogP contribution is 2.21. The molecule has 2 nitrogen and oxygen atoms in total. The first kappa shape index (κ1) is 10.2. The molecule has 2 heteroatoms. The number of hydrogen-bond donors (Lipinski definition) is 1. The van der Waals surface area contributed by atoms with Crippen molar-refractivity contribution in [3.8, 4) is 0 Å². The quantitative estimate of drug-likeness (QED) is 0.694. The first-order valence-corrected chi connectivity index (χ1v) is 5.99. The van der Waals surface area contributed by atoms with E-state index in [-0.39, 0.29) is 0 Å². The maximum Gasteiger partial charge on any atom is 0.0199 e. The molecule has 1 heterocycles. The third-order valence-electron chi connectivity index (χ3n) is 3.58. The zero-order chi connectivity index (χ0) is 9.80. The van der Waals surface area contributed by atoms with Gasteiger partial charge in [-0.3, -0.25) is 0 Å². The van der Waals surface area contributed by atoms with Gasteiger partial charge in [-0.1, -0.05) is 12.2 Å². The predicted octanol–water partition coefficient (Wildman–Crippen LogP) is 1.77. The number of nitrogens with zero attached hydrogens (tertiary/aromatic N) is 1. The topological polar surface area (TPSA) is 29.3 Å². The van der Waals surface area contributed by atoms with Crippen molar-refractivity contribution in [3.05, 3.63) is 12.2 Å². The third kappa shape index (κ3) is 2.58. The van der Waals surface area contributed by atoms with Gasteiger partial charge in [0.2, 0.25) is 0 Å². The molecule has 2 N–H and O–H groups in total. The second-order valence-electron chi connectivity index (χ2n) is 4.72. The molecule has 0 bridgehead atoms. The van der Waals surface area contributed by atoms with Crippen LogP contribution in [0.25, 0.3) is 0 Å². The summed E-state index contributed by atoms with van der Waals surface area (Å²) in [6.07, 6.45) is 11.1. The fraction of sp³-hybridized carbons (Fsp3) is 0.833. The summed E-state index contributed by atoms with van der Waals surface area (Å²) in [7, 11) is 0. The summed E-state index contributed by atoms with van der Waals surface area (Å²) >= 11 is 0. The van der Waals surface area contributed by atoms with Gasteiger partial charge in [0.05, 0.1) is 0 Å². The minimum Gasteiger partial charge on any atom is -0.326 e. The third-order valence-corrected chi connectivity index (χ3v) is 3.58. The Morgan fingerprint density at radius 1 is 1.29 bits per heavy atom. The van der Waals surface area contributed by atoms with Crippen molar-refractivity contribution >= 4 is 0 Å². The molecule has 0 aromatic carbocycles. The van der Waals surface area contributed by atoms with Crippen molar-refractivity contribution in [2.24, 2.45) is 11.7 Å². The lowest BCUT2D eigenvalue weighted by Crippen LogP contribution is -2.41. The summed E-state index contributed by atoms with van der Waals surface area (Å²) in [5.74, 6) is 0.737. The SMILES string of the molecule is NC(CN1CCCC1)[C@@H]1CC=CCC1. The van der Waals surface area contributed by atoms with E-state index in [0.717, 1.165) is 12.5 Å². The van der Waals surface area contributed by atoms with E-state index in [4.69, 9.17) is 5.73 Å². The molecule has 1 aliphatic heterocycles. The highest BCUT2D eigenvalue weighted by molar-refractivity contribution is 4.94. The van der Waals surface area contributed by atoms with Crippen LogP contribution in [0.4, 0.5) is 0 Å². The zero-order valence-corrected chi connectivity index (χ0v) is 8.99. The minimum absolute atomic E-state index is 0.401. The van der Waals surface area contributed by atoms with E-state index in [0.29, 0.717) is 6.04 Å². The van der Waals surface area contributed by atoms with Crippen molar-refractivity contribution in [1.82, 2.24) is 4.90 Å². The Labute approximate surface area is 87.2 Å². The fourth-order valence-electron chi connectivity index (χ4n) is 2.62. The number of hydrogen-bond acceptors (Lipinski definition) is 2. The van der Waals surface area contributed by atoms with E-state index in [2.05, 4.69) is 17.1 Å². The van der Waals surface area contributed by atoms with Gasteiger partial charge in [0.1, 0.15) is 0 Å². The highest BCUT2D eigenvalue weighted by Gasteiger charge is 2.21. The van der Waals surface area contributed by atoms with Gasteiger partial charge in [-0.2, -0.15) is 0 Å². The second kappa shape index (κ2) is 4.94. The maximum atomic E-state index is 6.25. The van der Waals surface area contributed by atoms with Gasteiger partial charge in [-0.15, -0.1) is 0 Å². The summed E-state index contributed by atoms with van der Waals surface area (Å²) in [6.45, 7) is 3.67. The van der Waals surface area contributed by atoms with E-state index in [1.54, 1.807) is 0 Å². The molecule has 0 spiro atoms. The van der Waals surface area contributed by atoms with Crippen LogP contribution in [0.3, 0.4) is 0 Å². The van der Waals surface area contributed by atoms with Crippen LogP contribution >= 0.6 is 0 Å². The first-order valence-electron chi connectivity index (χ1n) is 5.99. The van der Waals surface area contributed by atoms with E-state index in [1.807, 2.05) is 0 Å². The van der Waals surface area contributed by atoms with Crippen LogP contribution in [0.5, 0.6) is 0 Å². The van der Waals surface area contributed by atoms with Crippen molar-refractivity contribution in [2.75, 3.05) is 19.6 Å². The Morgan fingerprint density at radius 3 is 2.71 bits per heavy atom. The molecular weight excluding hydrogens is 172 g/mol. The van der Waals surface area contributed by atoms with Gasteiger partial charge < -0.3 is 10.6 Å². The lowest BCUT2D eigenvalue weighted by molar-refractivity contribution is 0.262. The Bertz CT molecular complexity index is 194. The Hall–Kier alpha value is -0.340. The first-order chi connectivity index (χ1) is 6.86. The van der Waals surface area contributed by atoms with Crippen molar-refractivity contribution < 1.29 is 0 Å². The van der Waals surface area contributed by atoms with Gasteiger partial charge in [-0.05, 0) is 51.1 Å². The van der Waals surface area contributed by atoms with Crippen molar-refractivity contribution in [1.29, 1.82) is 0 Å². The molecule has 2 rings (SSSR count). The van der Waals surface area contributed by atoms with Gasteiger partial charge in [0.15, 0.2) is 0 Å². The molecule has 14 heavy (non-hydrogen) atoms. The van der Waals surface area contributed by atoms with Crippen LogP contribution in [0.15, 0.2) is 12.2 Å². The van der Waals surface area contributed by atoms with Gasteiger partial charge >= 0.3 is 0 Å². The molecule has 1 aliphatic carbocycles. The molecule has 1 unspecified atom stereocenters. The summed E-state index contributed by atoms with van der Waals surface area (Å²) < 4.78 is 0. The zero-order valence-electron chi connectivity index (χ0n) is 8.99. The Balaban J connectivity index is 1.76. The monoisotopic (exact) mass is 194 g/mol. The van der Waals surface area contributed by atoms with E-state index in [9.17, 15) is 0 Å². The van der Waals surface area contributed by atoms with Crippen LogP contribution in [-0.2, 0) is 0 Å². The molecule has 0 aromatic rings. The van der Waals surface area contributed by atoms with E-state index >= 15 is 0 Å². The second-order valence-corrected chi connectivity index (χ2v) is 4.72. The number of likely N-dealkylation sites (tertiary alicyclic amines) is 1. The maximum absolute atomic E-state index is 6.25. The molecule has 0 radical (unpaired) electrons. The average Bonchev–Trinajstić information content (AvgIpc) is 2.72. The number of nitrogens with two attached hydrogens (primary N) is 1. The summed E-state index contributed by atoms with van der Waals surface area (Å²) in [5, 5.41) is 0. The minimum atomic E-state index is 0.401. The molecule has 0 aromatic heterocycles. The lowest BCUT2D eigenvalue weighted by atomic mass is 9.88. The molecule has 0 amide bonds. The standard InChI is InChI=1S/C12H22N2/c13-12(10-14-8-4-5-9-14)11-6-2-1-3-7-11/h1-2,11-12H,3-10,13H2/t11-,12?/m1/s1. The smallest absolute Gasteiger partial charge is 0.0199 e. The van der Waals surface area contributed by atoms with E-state index < -0.39 is 0 Å². The fourth-order valence-corrected chi connectivity index (χ4v) is 2.62. The van der Waals surface area contributed by atoms with Crippen LogP contribution in [-0.4, -0.2) is 30.6 Å². The van der Waals surface area contributed by atoms with Crippen LogP contribution in [0, 0.1) is 5.92 Å². The molecule has 1 fully saturated rings. The van der Waals surface area contributed by atoms with Crippen LogP contribution in [0.1, 0.15) is 32.1 Å². The summed E-state index contributed by atoms with van der Waals surface area (Å²) in [4.78, 5) is 2.53. The highest BCUT2D eigenvalue weighted by atomic mass is 15.1. The largest absolute Gasteiger partial charge is 0.326 e. The molecule has 1 saturated heterocycles.